The van der Waals surface area contributed by atoms with Crippen molar-refractivity contribution in [3.63, 3.8) is 0 Å². The van der Waals surface area contributed by atoms with Gasteiger partial charge < -0.3 is 16.0 Å². The predicted octanol–water partition coefficient (Wildman–Crippen LogP) is 9.18. The minimum atomic E-state index is -0.599. The number of amides is 3. The number of hydrogen-bond donors (Lipinski definition) is 3. The molecule has 12 heteroatoms. The third kappa shape index (κ3) is 9.08. The lowest BCUT2D eigenvalue weighted by molar-refractivity contribution is -0.116. The van der Waals surface area contributed by atoms with Crippen LogP contribution in [-0.2, 0) is 9.59 Å². The summed E-state index contributed by atoms with van der Waals surface area (Å²) >= 11 is 15.3. The molecule has 3 N–H and O–H groups in total. The van der Waals surface area contributed by atoms with Crippen LogP contribution in [0, 0.1) is 5.82 Å². The molecule has 0 aliphatic carbocycles. The van der Waals surface area contributed by atoms with Crippen LogP contribution in [0.5, 0.6) is 0 Å². The molecule has 5 rings (SSSR count). The molecule has 7 nitrogen and oxygen atoms in total. The van der Waals surface area contributed by atoms with Crippen molar-refractivity contribution < 1.29 is 18.8 Å². The lowest BCUT2D eigenvalue weighted by Gasteiger charge is -2.15. The average molecular weight is 706 g/mol. The molecule has 238 valence electrons. The summed E-state index contributed by atoms with van der Waals surface area (Å²) in [6, 6.07) is 26.5. The van der Waals surface area contributed by atoms with Gasteiger partial charge in [0.15, 0.2) is 5.13 Å². The van der Waals surface area contributed by atoms with Crippen LogP contribution < -0.4 is 16.0 Å². The van der Waals surface area contributed by atoms with Gasteiger partial charge in [-0.05, 0) is 79.2 Å². The highest BCUT2D eigenvalue weighted by Gasteiger charge is 2.21. The number of aromatic nitrogens is 1. The number of benzene rings is 4. The van der Waals surface area contributed by atoms with Gasteiger partial charge in [-0.1, -0.05) is 60.5 Å². The minimum absolute atomic E-state index is 0.0684. The van der Waals surface area contributed by atoms with E-state index in [-0.39, 0.29) is 17.4 Å². The highest BCUT2D eigenvalue weighted by Crippen LogP contribution is 2.31. The Labute approximate surface area is 289 Å². The van der Waals surface area contributed by atoms with E-state index in [0.29, 0.717) is 44.1 Å². The van der Waals surface area contributed by atoms with Crippen molar-refractivity contribution in [1.82, 2.24) is 10.3 Å². The first-order valence-corrected chi connectivity index (χ1v) is 16.8. The molecule has 1 unspecified atom stereocenters. The fraction of sp³-hybridized carbons (Fsp3) is 0.0857. The third-order valence-electron chi connectivity index (χ3n) is 6.72. The molecule has 0 aliphatic rings. The Hall–Kier alpha value is -4.48. The molecule has 0 saturated heterocycles. The Balaban J connectivity index is 1.29. The van der Waals surface area contributed by atoms with Crippen LogP contribution in [0.25, 0.3) is 17.3 Å². The zero-order chi connectivity index (χ0) is 33.3. The largest absolute Gasteiger partial charge is 0.321 e. The Morgan fingerprint density at radius 2 is 1.62 bits per heavy atom. The summed E-state index contributed by atoms with van der Waals surface area (Å²) in [5, 5.41) is 10.8. The number of anilines is 2. The van der Waals surface area contributed by atoms with Crippen molar-refractivity contribution >= 4 is 80.9 Å². The molecular formula is C35H27Cl2FN4O3S2. The number of halogens is 3. The predicted molar refractivity (Wildman–Crippen MR) is 189 cm³/mol. The van der Waals surface area contributed by atoms with E-state index in [1.54, 1.807) is 84.2 Å². The maximum Gasteiger partial charge on any atom is 0.272 e. The Morgan fingerprint density at radius 1 is 0.915 bits per heavy atom. The van der Waals surface area contributed by atoms with Gasteiger partial charge in [-0.25, -0.2) is 9.37 Å². The van der Waals surface area contributed by atoms with Crippen molar-refractivity contribution in [1.29, 1.82) is 0 Å². The number of thiazole rings is 1. The first-order chi connectivity index (χ1) is 22.7. The van der Waals surface area contributed by atoms with Crippen molar-refractivity contribution in [2.24, 2.45) is 0 Å². The summed E-state index contributed by atoms with van der Waals surface area (Å²) in [7, 11) is 0. The molecular weight excluding hydrogens is 678 g/mol. The molecule has 4 aromatic carbocycles. The SMILES string of the molecule is CCC(Sc1cccc(NC(=O)/C(=C\c2c(Cl)cccc2Cl)NC(=O)c2ccccc2)c1)C(=O)Nc1nc(-c2ccc(F)cc2)cs1. The molecule has 0 radical (unpaired) electrons. The molecule has 1 atom stereocenters. The number of carbonyl (C=O) groups is 3. The van der Waals surface area contributed by atoms with E-state index in [1.165, 1.54) is 41.3 Å². The van der Waals surface area contributed by atoms with E-state index in [9.17, 15) is 18.8 Å². The highest BCUT2D eigenvalue weighted by molar-refractivity contribution is 8.00. The number of nitrogens with one attached hydrogen (secondary N) is 3. The molecule has 0 saturated carbocycles. The average Bonchev–Trinajstić information content (AvgIpc) is 3.53. The van der Waals surface area contributed by atoms with Gasteiger partial charge in [0.25, 0.3) is 11.8 Å². The van der Waals surface area contributed by atoms with Crippen LogP contribution in [0.2, 0.25) is 10.0 Å². The van der Waals surface area contributed by atoms with E-state index in [2.05, 4.69) is 20.9 Å². The smallest absolute Gasteiger partial charge is 0.272 e. The van der Waals surface area contributed by atoms with E-state index < -0.39 is 17.1 Å². The number of nitrogens with zero attached hydrogens (tertiary/aromatic N) is 1. The number of rotatable bonds is 11. The molecule has 1 heterocycles. The van der Waals surface area contributed by atoms with Crippen molar-refractivity contribution in [2.45, 2.75) is 23.5 Å². The van der Waals surface area contributed by atoms with E-state index in [1.807, 2.05) is 13.0 Å². The second-order valence-electron chi connectivity index (χ2n) is 10.0. The van der Waals surface area contributed by atoms with Gasteiger partial charge in [0.05, 0.1) is 10.9 Å². The maximum absolute atomic E-state index is 13.6. The normalized spacial score (nSPS) is 11.9. The van der Waals surface area contributed by atoms with Gasteiger partial charge in [0.1, 0.15) is 11.5 Å². The Bertz CT molecular complexity index is 1910. The van der Waals surface area contributed by atoms with E-state index in [4.69, 9.17) is 23.2 Å². The molecule has 0 fully saturated rings. The van der Waals surface area contributed by atoms with Gasteiger partial charge >= 0.3 is 0 Å². The summed E-state index contributed by atoms with van der Waals surface area (Å²) in [5.41, 5.74) is 2.50. The van der Waals surface area contributed by atoms with Crippen LogP contribution in [-0.4, -0.2) is 28.0 Å². The Kier molecular flexibility index (Phi) is 11.4. The number of carbonyl (C=O) groups excluding carboxylic acids is 3. The summed E-state index contributed by atoms with van der Waals surface area (Å²) in [6.07, 6.45) is 1.96. The molecule has 3 amide bonds. The first kappa shape index (κ1) is 33.9. The summed E-state index contributed by atoms with van der Waals surface area (Å²) < 4.78 is 13.3. The quantitative estimate of drug-likeness (QED) is 0.0941. The topological polar surface area (TPSA) is 100 Å². The van der Waals surface area contributed by atoms with Gasteiger partial charge in [-0.15, -0.1) is 23.1 Å². The fourth-order valence-electron chi connectivity index (χ4n) is 4.34. The molecule has 1 aromatic heterocycles. The first-order valence-electron chi connectivity index (χ1n) is 14.3. The van der Waals surface area contributed by atoms with Crippen LogP contribution in [0.1, 0.15) is 29.3 Å². The second kappa shape index (κ2) is 15.9. The van der Waals surface area contributed by atoms with Crippen LogP contribution in [0.4, 0.5) is 15.2 Å². The van der Waals surface area contributed by atoms with Crippen LogP contribution >= 0.6 is 46.3 Å². The standard InChI is InChI=1S/C35H27Cl2FN4O3S2/c1-2-31(34(45)42-35-41-30(20-46-35)21-14-16-23(38)17-15-21)47-25-11-6-10-24(18-25)39-33(44)29(19-26-27(36)12-7-13-28(26)37)40-32(43)22-8-4-3-5-9-22/h3-20,31H,2H2,1H3,(H,39,44)(H,40,43)(H,41,42,45)/b29-19+. The molecule has 47 heavy (non-hydrogen) atoms. The van der Waals surface area contributed by atoms with Crippen LogP contribution in [0.15, 0.2) is 113 Å². The van der Waals surface area contributed by atoms with Gasteiger partial charge in [0.2, 0.25) is 5.91 Å². The van der Waals surface area contributed by atoms with E-state index >= 15 is 0 Å². The minimum Gasteiger partial charge on any atom is -0.321 e. The lowest BCUT2D eigenvalue weighted by atomic mass is 10.1. The summed E-state index contributed by atoms with van der Waals surface area (Å²) in [5.74, 6) is -1.64. The molecule has 5 aromatic rings. The van der Waals surface area contributed by atoms with Crippen LogP contribution in [0.3, 0.4) is 0 Å². The third-order valence-corrected chi connectivity index (χ3v) is 9.50. The monoisotopic (exact) mass is 704 g/mol. The van der Waals surface area contributed by atoms with E-state index in [0.717, 1.165) is 10.5 Å². The second-order valence-corrected chi connectivity index (χ2v) is 13.0. The van der Waals surface area contributed by atoms with Crippen molar-refractivity contribution in [2.75, 3.05) is 10.6 Å². The number of thioether (sulfide) groups is 1. The molecule has 0 spiro atoms. The molecule has 0 bridgehead atoms. The van der Waals surface area contributed by atoms with Gasteiger partial charge in [0, 0.05) is 42.7 Å². The fourth-order valence-corrected chi connectivity index (χ4v) is 6.58. The number of hydrogen-bond acceptors (Lipinski definition) is 6. The van der Waals surface area contributed by atoms with Crippen molar-refractivity contribution in [3.8, 4) is 11.3 Å². The highest BCUT2D eigenvalue weighted by atomic mass is 35.5. The molecule has 0 aliphatic heterocycles. The zero-order valence-corrected chi connectivity index (χ0v) is 27.9. The summed E-state index contributed by atoms with van der Waals surface area (Å²) in [4.78, 5) is 45.0. The lowest BCUT2D eigenvalue weighted by Crippen LogP contribution is -2.30. The summed E-state index contributed by atoms with van der Waals surface area (Å²) in [6.45, 7) is 1.90. The van der Waals surface area contributed by atoms with Gasteiger partial charge in [-0.2, -0.15) is 0 Å². The zero-order valence-electron chi connectivity index (χ0n) is 24.8. The maximum atomic E-state index is 13.6. The van der Waals surface area contributed by atoms with Crippen molar-refractivity contribution in [3.05, 3.63) is 135 Å². The Morgan fingerprint density at radius 3 is 2.32 bits per heavy atom. The van der Waals surface area contributed by atoms with Gasteiger partial charge in [-0.3, -0.25) is 14.4 Å².